The molecule has 0 radical (unpaired) electrons. The van der Waals surface area contributed by atoms with Crippen LogP contribution in [0.25, 0.3) is 0 Å². The van der Waals surface area contributed by atoms with E-state index in [1.54, 1.807) is 11.0 Å². The zero-order chi connectivity index (χ0) is 13.2. The molecule has 1 N–H and O–H groups in total. The molecule has 2 atom stereocenters. The molecule has 0 spiro atoms. The Kier molecular flexibility index (Phi) is 3.96. The number of rotatable bonds is 4. The van der Waals surface area contributed by atoms with E-state index in [-0.39, 0.29) is 29.7 Å². The van der Waals surface area contributed by atoms with E-state index in [9.17, 15) is 9.59 Å². The monoisotopic (exact) mass is 239 g/mol. The molecule has 1 saturated heterocycles. The lowest BCUT2D eigenvalue weighted by Crippen LogP contribution is -2.46. The van der Waals surface area contributed by atoms with Crippen molar-refractivity contribution in [1.29, 1.82) is 0 Å². The molecule has 96 valence electrons. The van der Waals surface area contributed by atoms with Gasteiger partial charge in [0.2, 0.25) is 5.91 Å². The van der Waals surface area contributed by atoms with Crippen molar-refractivity contribution in [2.45, 2.75) is 39.7 Å². The third kappa shape index (κ3) is 3.32. The fourth-order valence-corrected chi connectivity index (χ4v) is 2.27. The second-order valence-corrected chi connectivity index (χ2v) is 5.73. The van der Waals surface area contributed by atoms with Crippen LogP contribution in [0.15, 0.2) is 12.7 Å². The molecule has 4 heteroatoms. The van der Waals surface area contributed by atoms with Crippen LogP contribution in [-0.2, 0) is 9.59 Å². The van der Waals surface area contributed by atoms with Gasteiger partial charge in [-0.25, -0.2) is 0 Å². The van der Waals surface area contributed by atoms with Crippen LogP contribution in [-0.4, -0.2) is 34.5 Å². The Morgan fingerprint density at radius 2 is 2.24 bits per heavy atom. The molecule has 4 nitrogen and oxygen atoms in total. The van der Waals surface area contributed by atoms with Crippen molar-refractivity contribution < 1.29 is 14.7 Å². The van der Waals surface area contributed by atoms with Gasteiger partial charge in [-0.3, -0.25) is 9.59 Å². The minimum absolute atomic E-state index is 0.000890. The van der Waals surface area contributed by atoms with Crippen LogP contribution >= 0.6 is 0 Å². The first-order valence-electron chi connectivity index (χ1n) is 5.89. The topological polar surface area (TPSA) is 57.6 Å². The molecule has 17 heavy (non-hydrogen) atoms. The Morgan fingerprint density at radius 1 is 1.65 bits per heavy atom. The summed E-state index contributed by atoms with van der Waals surface area (Å²) in [6.45, 7) is 10.2. The summed E-state index contributed by atoms with van der Waals surface area (Å²) >= 11 is 0. The fraction of sp³-hybridized carbons (Fsp3) is 0.692. The second-order valence-electron chi connectivity index (χ2n) is 5.73. The van der Waals surface area contributed by atoms with Crippen LogP contribution in [0.3, 0.4) is 0 Å². The highest BCUT2D eigenvalue weighted by molar-refractivity contribution is 5.80. The molecular formula is C13H21NO3. The first-order chi connectivity index (χ1) is 7.75. The molecule has 1 fully saturated rings. The summed E-state index contributed by atoms with van der Waals surface area (Å²) in [5.41, 5.74) is -0.232. The average molecular weight is 239 g/mol. The van der Waals surface area contributed by atoms with Crippen LogP contribution in [0, 0.1) is 11.3 Å². The van der Waals surface area contributed by atoms with Crippen molar-refractivity contribution in [2.75, 3.05) is 6.54 Å². The van der Waals surface area contributed by atoms with Gasteiger partial charge in [0, 0.05) is 24.9 Å². The van der Waals surface area contributed by atoms with Crippen LogP contribution in [0.2, 0.25) is 0 Å². The SMILES string of the molecule is C=CC1CC(=O)N(C(CC(=O)O)C(C)(C)C)C1. The van der Waals surface area contributed by atoms with Crippen LogP contribution in [0.5, 0.6) is 0 Å². The Balaban J connectivity index is 2.87. The van der Waals surface area contributed by atoms with E-state index in [4.69, 9.17) is 5.11 Å². The quantitative estimate of drug-likeness (QED) is 0.762. The Labute approximate surface area is 102 Å². The van der Waals surface area contributed by atoms with E-state index in [1.165, 1.54) is 0 Å². The molecule has 0 aromatic rings. The van der Waals surface area contributed by atoms with Crippen LogP contribution in [0.1, 0.15) is 33.6 Å². The molecule has 1 aliphatic rings. The summed E-state index contributed by atoms with van der Waals surface area (Å²) in [6, 6.07) is -0.252. The minimum Gasteiger partial charge on any atom is -0.481 e. The zero-order valence-corrected chi connectivity index (χ0v) is 10.8. The van der Waals surface area contributed by atoms with Crippen molar-refractivity contribution in [2.24, 2.45) is 11.3 Å². The third-order valence-corrected chi connectivity index (χ3v) is 3.27. The lowest BCUT2D eigenvalue weighted by atomic mass is 9.83. The second kappa shape index (κ2) is 4.90. The van der Waals surface area contributed by atoms with E-state index < -0.39 is 5.97 Å². The van der Waals surface area contributed by atoms with Crippen molar-refractivity contribution >= 4 is 11.9 Å². The number of carbonyl (C=O) groups excluding carboxylic acids is 1. The lowest BCUT2D eigenvalue weighted by Gasteiger charge is -2.37. The highest BCUT2D eigenvalue weighted by Gasteiger charge is 2.39. The summed E-state index contributed by atoms with van der Waals surface area (Å²) in [6.07, 6.45) is 2.23. The van der Waals surface area contributed by atoms with Gasteiger partial charge in [-0.2, -0.15) is 0 Å². The maximum atomic E-state index is 11.9. The number of carboxylic acids is 1. The number of likely N-dealkylation sites (tertiary alicyclic amines) is 1. The number of nitrogens with zero attached hydrogens (tertiary/aromatic N) is 1. The summed E-state index contributed by atoms with van der Waals surface area (Å²) in [7, 11) is 0. The minimum atomic E-state index is -0.861. The first-order valence-corrected chi connectivity index (χ1v) is 5.89. The van der Waals surface area contributed by atoms with Gasteiger partial charge in [0.05, 0.1) is 6.42 Å². The van der Waals surface area contributed by atoms with Gasteiger partial charge in [0.1, 0.15) is 0 Å². The molecule has 1 amide bonds. The highest BCUT2D eigenvalue weighted by Crippen LogP contribution is 2.32. The predicted molar refractivity (Wildman–Crippen MR) is 65.5 cm³/mol. The number of amides is 1. The van der Waals surface area contributed by atoms with Gasteiger partial charge >= 0.3 is 5.97 Å². The predicted octanol–water partition coefficient (Wildman–Crippen LogP) is 1.91. The van der Waals surface area contributed by atoms with E-state index in [1.807, 2.05) is 20.8 Å². The van der Waals surface area contributed by atoms with Crippen molar-refractivity contribution in [3.8, 4) is 0 Å². The highest BCUT2D eigenvalue weighted by atomic mass is 16.4. The fourth-order valence-electron chi connectivity index (χ4n) is 2.27. The van der Waals surface area contributed by atoms with E-state index in [0.29, 0.717) is 13.0 Å². The van der Waals surface area contributed by atoms with E-state index in [0.717, 1.165) is 0 Å². The molecule has 2 unspecified atom stereocenters. The standard InChI is InChI=1S/C13H21NO3/c1-5-9-6-11(15)14(8-9)10(7-12(16)17)13(2,3)4/h5,9-10H,1,6-8H2,2-4H3,(H,16,17). The molecule has 0 bridgehead atoms. The molecule has 1 rings (SSSR count). The normalized spacial score (nSPS) is 22.6. The largest absolute Gasteiger partial charge is 0.481 e. The summed E-state index contributed by atoms with van der Waals surface area (Å²) in [5, 5.41) is 8.96. The van der Waals surface area contributed by atoms with Gasteiger partial charge in [0.25, 0.3) is 0 Å². The zero-order valence-electron chi connectivity index (χ0n) is 10.8. The molecule has 0 aromatic heterocycles. The van der Waals surface area contributed by atoms with E-state index >= 15 is 0 Å². The van der Waals surface area contributed by atoms with Crippen LogP contribution in [0.4, 0.5) is 0 Å². The molecule has 1 heterocycles. The van der Waals surface area contributed by atoms with Gasteiger partial charge in [-0.15, -0.1) is 6.58 Å². The average Bonchev–Trinajstić information content (AvgIpc) is 2.54. The van der Waals surface area contributed by atoms with E-state index in [2.05, 4.69) is 6.58 Å². The Hall–Kier alpha value is -1.32. The molecule has 1 aliphatic heterocycles. The maximum Gasteiger partial charge on any atom is 0.305 e. The third-order valence-electron chi connectivity index (χ3n) is 3.27. The molecular weight excluding hydrogens is 218 g/mol. The number of hydrogen-bond donors (Lipinski definition) is 1. The van der Waals surface area contributed by atoms with Crippen molar-refractivity contribution in [1.82, 2.24) is 4.90 Å². The number of aliphatic carboxylic acids is 1. The number of carboxylic acid groups (broad SMARTS) is 1. The molecule has 0 aromatic carbocycles. The molecule has 0 saturated carbocycles. The first kappa shape index (κ1) is 13.7. The van der Waals surface area contributed by atoms with Gasteiger partial charge in [-0.05, 0) is 5.41 Å². The summed E-state index contributed by atoms with van der Waals surface area (Å²) in [5.74, 6) is -0.669. The Bertz CT molecular complexity index is 330. The maximum absolute atomic E-state index is 11.9. The van der Waals surface area contributed by atoms with Crippen molar-refractivity contribution in [3.63, 3.8) is 0 Å². The Morgan fingerprint density at radius 3 is 2.59 bits per heavy atom. The van der Waals surface area contributed by atoms with Gasteiger partial charge in [0.15, 0.2) is 0 Å². The van der Waals surface area contributed by atoms with Gasteiger partial charge in [-0.1, -0.05) is 26.8 Å². The lowest BCUT2D eigenvalue weighted by molar-refractivity contribution is -0.141. The summed E-state index contributed by atoms with van der Waals surface area (Å²) < 4.78 is 0. The van der Waals surface area contributed by atoms with Crippen LogP contribution < -0.4 is 0 Å². The smallest absolute Gasteiger partial charge is 0.305 e. The molecule has 0 aliphatic carbocycles. The number of hydrogen-bond acceptors (Lipinski definition) is 2. The summed E-state index contributed by atoms with van der Waals surface area (Å²) in [4.78, 5) is 24.5. The van der Waals surface area contributed by atoms with Crippen molar-refractivity contribution in [3.05, 3.63) is 12.7 Å². The number of carbonyl (C=O) groups is 2. The van der Waals surface area contributed by atoms with Gasteiger partial charge < -0.3 is 10.0 Å².